The van der Waals surface area contributed by atoms with Crippen LogP contribution in [0.5, 0.6) is 0 Å². The first kappa shape index (κ1) is 16.6. The highest BCUT2D eigenvalue weighted by molar-refractivity contribution is 5.88. The summed E-state index contributed by atoms with van der Waals surface area (Å²) >= 11 is 0. The largest absolute Gasteiger partial charge is 0.478 e. The van der Waals surface area contributed by atoms with Crippen molar-refractivity contribution in [1.29, 1.82) is 0 Å². The number of rotatable bonds is 3. The Morgan fingerprint density at radius 2 is 1.92 bits per heavy atom. The van der Waals surface area contributed by atoms with Gasteiger partial charge < -0.3 is 10.0 Å². The van der Waals surface area contributed by atoms with Gasteiger partial charge in [-0.1, -0.05) is 12.1 Å². The van der Waals surface area contributed by atoms with Crippen LogP contribution in [-0.4, -0.2) is 34.0 Å². The molecule has 1 amide bonds. The molecule has 0 spiro atoms. The summed E-state index contributed by atoms with van der Waals surface area (Å²) in [6.07, 6.45) is 4.59. The fourth-order valence-electron chi connectivity index (χ4n) is 5.19. The van der Waals surface area contributed by atoms with Gasteiger partial charge in [0.15, 0.2) is 0 Å². The predicted molar refractivity (Wildman–Crippen MR) is 90.9 cm³/mol. The van der Waals surface area contributed by atoms with Gasteiger partial charge in [0.05, 0.1) is 11.0 Å². The van der Waals surface area contributed by atoms with Gasteiger partial charge in [0.1, 0.15) is 5.82 Å². The molecule has 2 bridgehead atoms. The van der Waals surface area contributed by atoms with Crippen molar-refractivity contribution in [2.45, 2.75) is 57.4 Å². The second-order valence-electron chi connectivity index (χ2n) is 8.58. The maximum atomic E-state index is 14.8. The number of piperidine rings is 1. The Kier molecular flexibility index (Phi) is 3.50. The van der Waals surface area contributed by atoms with Crippen molar-refractivity contribution < 1.29 is 19.1 Å². The normalized spacial score (nSPS) is 32.5. The Hall–Kier alpha value is -1.91. The molecule has 0 radical (unpaired) electrons. The molecule has 4 aliphatic rings. The fourth-order valence-corrected chi connectivity index (χ4v) is 5.19. The number of carbonyl (C=O) groups is 2. The zero-order valence-electron chi connectivity index (χ0n) is 14.7. The van der Waals surface area contributed by atoms with Crippen molar-refractivity contribution >= 4 is 11.9 Å². The number of carboxylic acid groups (broad SMARTS) is 1. The summed E-state index contributed by atoms with van der Waals surface area (Å²) in [4.78, 5) is 26.3. The number of hydrogen-bond acceptors (Lipinski definition) is 2. The van der Waals surface area contributed by atoms with Crippen LogP contribution in [-0.2, 0) is 4.79 Å². The van der Waals surface area contributed by atoms with Crippen molar-refractivity contribution in [2.75, 3.05) is 6.54 Å². The van der Waals surface area contributed by atoms with Crippen LogP contribution in [0.25, 0.3) is 0 Å². The monoisotopic (exact) mass is 345 g/mol. The summed E-state index contributed by atoms with van der Waals surface area (Å²) in [5.41, 5.74) is -0.551. The number of benzene rings is 1. The minimum atomic E-state index is -1.25. The van der Waals surface area contributed by atoms with Crippen molar-refractivity contribution in [3.63, 3.8) is 0 Å². The molecule has 1 aromatic carbocycles. The van der Waals surface area contributed by atoms with Gasteiger partial charge in [0.25, 0.3) is 0 Å². The van der Waals surface area contributed by atoms with Crippen LogP contribution < -0.4 is 0 Å². The third-order valence-electron chi connectivity index (χ3n) is 6.79. The molecule has 4 fully saturated rings. The van der Waals surface area contributed by atoms with E-state index in [0.717, 1.165) is 38.0 Å². The first-order chi connectivity index (χ1) is 11.8. The summed E-state index contributed by atoms with van der Waals surface area (Å²) in [7, 11) is 0. The highest BCUT2D eigenvalue weighted by Gasteiger charge is 2.63. The SMILES string of the molecule is CC1(C)C(c2cccc(C(=O)O)c2F)CCCN1C(=O)C12CC(C1)C2. The number of carboxylic acids is 1. The number of aromatic carboxylic acids is 1. The highest BCUT2D eigenvalue weighted by Crippen LogP contribution is 2.65. The van der Waals surface area contributed by atoms with Gasteiger partial charge in [-0.2, -0.15) is 0 Å². The van der Waals surface area contributed by atoms with E-state index in [2.05, 4.69) is 0 Å². The van der Waals surface area contributed by atoms with Crippen LogP contribution in [0.3, 0.4) is 0 Å². The molecule has 3 saturated carbocycles. The van der Waals surface area contributed by atoms with Gasteiger partial charge in [0.2, 0.25) is 5.91 Å². The molecule has 1 aromatic rings. The Labute approximate surface area is 147 Å². The molecule has 1 heterocycles. The molecule has 0 aromatic heterocycles. The van der Waals surface area contributed by atoms with E-state index in [-0.39, 0.29) is 22.8 Å². The van der Waals surface area contributed by atoms with Crippen LogP contribution in [0.4, 0.5) is 4.39 Å². The number of hydrogen-bond donors (Lipinski definition) is 1. The Bertz CT molecular complexity index is 740. The molecule has 1 unspecified atom stereocenters. The summed E-state index contributed by atoms with van der Waals surface area (Å²) < 4.78 is 14.8. The van der Waals surface area contributed by atoms with Crippen LogP contribution in [0, 0.1) is 17.2 Å². The lowest BCUT2D eigenvalue weighted by atomic mass is 9.43. The number of amides is 1. The Balaban J connectivity index is 1.67. The third-order valence-corrected chi connectivity index (χ3v) is 6.79. The molecule has 1 N–H and O–H groups in total. The van der Waals surface area contributed by atoms with E-state index in [1.165, 1.54) is 6.07 Å². The van der Waals surface area contributed by atoms with Crippen LogP contribution >= 0.6 is 0 Å². The molecule has 1 atom stereocenters. The lowest BCUT2D eigenvalue weighted by Gasteiger charge is -2.63. The second kappa shape index (κ2) is 5.29. The van der Waals surface area contributed by atoms with E-state index >= 15 is 0 Å². The molecule has 3 aliphatic carbocycles. The van der Waals surface area contributed by atoms with E-state index in [9.17, 15) is 19.1 Å². The molecule has 5 heteroatoms. The molecule has 4 nitrogen and oxygen atoms in total. The molecular formula is C20H24FNO3. The molecular weight excluding hydrogens is 321 g/mol. The molecule has 25 heavy (non-hydrogen) atoms. The molecule has 1 saturated heterocycles. The highest BCUT2D eigenvalue weighted by atomic mass is 19.1. The van der Waals surface area contributed by atoms with Gasteiger partial charge >= 0.3 is 5.97 Å². The summed E-state index contributed by atoms with van der Waals surface area (Å²) in [6.45, 7) is 4.69. The van der Waals surface area contributed by atoms with Crippen molar-refractivity contribution in [1.82, 2.24) is 4.90 Å². The average molecular weight is 345 g/mol. The molecule has 1 aliphatic heterocycles. The van der Waals surface area contributed by atoms with Crippen LogP contribution in [0.2, 0.25) is 0 Å². The minimum absolute atomic E-state index is 0.148. The lowest BCUT2D eigenvalue weighted by molar-refractivity contribution is -0.185. The van der Waals surface area contributed by atoms with Gasteiger partial charge in [-0.15, -0.1) is 0 Å². The van der Waals surface area contributed by atoms with Crippen molar-refractivity contribution in [3.8, 4) is 0 Å². The standard InChI is InChI=1S/C20H24FNO3/c1-19(2)15(13-5-3-6-14(16(13)21)17(23)24)7-4-8-22(19)18(25)20-9-12(10-20)11-20/h3,5-6,12,15H,4,7-11H2,1-2H3,(H,23,24). The number of likely N-dealkylation sites (tertiary alicyclic amines) is 1. The van der Waals surface area contributed by atoms with Crippen molar-refractivity contribution in [3.05, 3.63) is 35.1 Å². The molecule has 134 valence electrons. The van der Waals surface area contributed by atoms with Gasteiger partial charge in [-0.05, 0) is 63.5 Å². The predicted octanol–water partition coefficient (Wildman–Crippen LogP) is 3.81. The summed E-state index contributed by atoms with van der Waals surface area (Å²) in [5, 5.41) is 9.21. The molecule has 5 rings (SSSR count). The average Bonchev–Trinajstić information content (AvgIpc) is 2.43. The quantitative estimate of drug-likeness (QED) is 0.906. The van der Waals surface area contributed by atoms with E-state index in [1.807, 2.05) is 18.7 Å². The second-order valence-corrected chi connectivity index (χ2v) is 8.58. The first-order valence-electron chi connectivity index (χ1n) is 9.10. The van der Waals surface area contributed by atoms with Gasteiger partial charge in [-0.3, -0.25) is 4.79 Å². The van der Waals surface area contributed by atoms with E-state index in [4.69, 9.17) is 0 Å². The zero-order valence-corrected chi connectivity index (χ0v) is 14.7. The number of nitrogens with zero attached hydrogens (tertiary/aromatic N) is 1. The smallest absolute Gasteiger partial charge is 0.338 e. The zero-order chi connectivity index (χ0) is 18.0. The maximum absolute atomic E-state index is 14.8. The van der Waals surface area contributed by atoms with E-state index in [0.29, 0.717) is 12.1 Å². The maximum Gasteiger partial charge on any atom is 0.338 e. The van der Waals surface area contributed by atoms with E-state index in [1.54, 1.807) is 12.1 Å². The fraction of sp³-hybridized carbons (Fsp3) is 0.600. The number of halogens is 1. The number of carbonyl (C=O) groups excluding carboxylic acids is 1. The Morgan fingerprint density at radius 3 is 2.48 bits per heavy atom. The van der Waals surface area contributed by atoms with Crippen LogP contribution in [0.1, 0.15) is 67.8 Å². The van der Waals surface area contributed by atoms with Crippen molar-refractivity contribution in [2.24, 2.45) is 11.3 Å². The minimum Gasteiger partial charge on any atom is -0.478 e. The van der Waals surface area contributed by atoms with E-state index < -0.39 is 17.3 Å². The van der Waals surface area contributed by atoms with Gasteiger partial charge in [-0.25, -0.2) is 9.18 Å². The first-order valence-corrected chi connectivity index (χ1v) is 9.10. The van der Waals surface area contributed by atoms with Crippen LogP contribution in [0.15, 0.2) is 18.2 Å². The van der Waals surface area contributed by atoms with Gasteiger partial charge in [0, 0.05) is 18.0 Å². The topological polar surface area (TPSA) is 57.6 Å². The third kappa shape index (κ3) is 2.24. The lowest BCUT2D eigenvalue weighted by Crippen LogP contribution is -2.66. The summed E-state index contributed by atoms with van der Waals surface area (Å²) in [6, 6.07) is 4.56. The summed E-state index contributed by atoms with van der Waals surface area (Å²) in [5.74, 6) is -1.16. The Morgan fingerprint density at radius 1 is 1.24 bits per heavy atom.